The predicted molar refractivity (Wildman–Crippen MR) is 107 cm³/mol. The fourth-order valence-electron chi connectivity index (χ4n) is 2.97. The lowest BCUT2D eigenvalue weighted by atomic mass is 10.1. The molecule has 6 nitrogen and oxygen atoms in total. The van der Waals surface area contributed by atoms with Crippen molar-refractivity contribution in [2.75, 3.05) is 14.2 Å². The van der Waals surface area contributed by atoms with E-state index in [0.29, 0.717) is 28.7 Å². The minimum absolute atomic E-state index is 0.611. The summed E-state index contributed by atoms with van der Waals surface area (Å²) in [7, 11) is 3.20. The van der Waals surface area contributed by atoms with Gasteiger partial charge >= 0.3 is 0 Å². The molecule has 3 heterocycles. The van der Waals surface area contributed by atoms with Crippen molar-refractivity contribution in [1.29, 1.82) is 0 Å². The number of methoxy groups -OCH3 is 2. The lowest BCUT2D eigenvalue weighted by Gasteiger charge is -2.14. The van der Waals surface area contributed by atoms with Crippen molar-refractivity contribution in [2.24, 2.45) is 0 Å². The predicted octanol–water partition coefficient (Wildman–Crippen LogP) is 4.81. The van der Waals surface area contributed by atoms with Gasteiger partial charge in [-0.25, -0.2) is 4.98 Å². The number of nitrogens with zero attached hydrogens (tertiary/aromatic N) is 3. The largest absolute Gasteiger partial charge is 0.493 e. The summed E-state index contributed by atoms with van der Waals surface area (Å²) in [5, 5.41) is 0.813. The molecule has 0 bridgehead atoms. The molecule has 0 unspecified atom stereocenters. The number of pyridine rings is 3. The minimum atomic E-state index is 0.611. The summed E-state index contributed by atoms with van der Waals surface area (Å²) in [6, 6.07) is 15.0. The van der Waals surface area contributed by atoms with Gasteiger partial charge in [0.05, 0.1) is 25.4 Å². The monoisotopic (exact) mass is 373 g/mol. The van der Waals surface area contributed by atoms with Gasteiger partial charge in [-0.1, -0.05) is 6.07 Å². The van der Waals surface area contributed by atoms with E-state index in [0.717, 1.165) is 22.3 Å². The molecule has 3 aromatic heterocycles. The number of aromatic nitrogens is 3. The van der Waals surface area contributed by atoms with Crippen molar-refractivity contribution >= 4 is 10.9 Å². The Hall–Kier alpha value is -3.67. The first kappa shape index (κ1) is 17.7. The zero-order valence-electron chi connectivity index (χ0n) is 15.8. The smallest absolute Gasteiger partial charge is 0.162 e. The molecular weight excluding hydrogens is 354 g/mol. The number of benzene rings is 1. The summed E-state index contributed by atoms with van der Waals surface area (Å²) in [5.74, 6) is 2.49. The average Bonchev–Trinajstić information content (AvgIpc) is 2.74. The number of fused-ring (bicyclic) bond motifs is 1. The van der Waals surface area contributed by atoms with Crippen molar-refractivity contribution < 1.29 is 14.2 Å². The van der Waals surface area contributed by atoms with E-state index >= 15 is 0 Å². The molecule has 4 rings (SSSR count). The van der Waals surface area contributed by atoms with Crippen LogP contribution in [0.5, 0.6) is 23.0 Å². The molecule has 0 fully saturated rings. The van der Waals surface area contributed by atoms with E-state index in [1.807, 2.05) is 55.5 Å². The maximum Gasteiger partial charge on any atom is 0.162 e. The first-order valence-corrected chi connectivity index (χ1v) is 8.77. The molecule has 0 aliphatic rings. The Kier molecular flexibility index (Phi) is 4.76. The van der Waals surface area contributed by atoms with Crippen molar-refractivity contribution in [2.45, 2.75) is 6.92 Å². The Labute approximate surface area is 162 Å². The molecule has 1 aromatic carbocycles. The van der Waals surface area contributed by atoms with E-state index in [-0.39, 0.29) is 0 Å². The summed E-state index contributed by atoms with van der Waals surface area (Å²) < 4.78 is 17.1. The zero-order valence-corrected chi connectivity index (χ0v) is 15.8. The van der Waals surface area contributed by atoms with Crippen molar-refractivity contribution in [3.63, 3.8) is 0 Å². The molecular formula is C22H19N3O3. The van der Waals surface area contributed by atoms with Crippen molar-refractivity contribution in [3.8, 4) is 34.4 Å². The van der Waals surface area contributed by atoms with Crippen LogP contribution in [0.2, 0.25) is 0 Å². The summed E-state index contributed by atoms with van der Waals surface area (Å²) >= 11 is 0. The second-order valence-corrected chi connectivity index (χ2v) is 6.15. The molecule has 28 heavy (non-hydrogen) atoms. The van der Waals surface area contributed by atoms with Gasteiger partial charge in [-0.3, -0.25) is 9.97 Å². The highest BCUT2D eigenvalue weighted by molar-refractivity contribution is 5.88. The first-order valence-electron chi connectivity index (χ1n) is 8.77. The highest BCUT2D eigenvalue weighted by Gasteiger charge is 2.15. The highest BCUT2D eigenvalue weighted by atomic mass is 16.5. The van der Waals surface area contributed by atoms with Gasteiger partial charge < -0.3 is 14.2 Å². The average molecular weight is 373 g/mol. The lowest BCUT2D eigenvalue weighted by molar-refractivity contribution is 0.355. The van der Waals surface area contributed by atoms with Crippen molar-refractivity contribution in [3.05, 3.63) is 66.6 Å². The highest BCUT2D eigenvalue weighted by Crippen LogP contribution is 2.38. The second kappa shape index (κ2) is 7.52. The molecule has 6 heteroatoms. The Morgan fingerprint density at radius 1 is 0.750 bits per heavy atom. The Bertz CT molecular complexity index is 1130. The Morgan fingerprint density at radius 3 is 2.32 bits per heavy atom. The SMILES string of the molecule is COc1cc2nccc(Oc3ccc(C)nc3-c3ccccn3)c2cc1OC. The number of hydrogen-bond donors (Lipinski definition) is 0. The molecule has 0 atom stereocenters. The van der Waals surface area contributed by atoms with Gasteiger partial charge in [-0.15, -0.1) is 0 Å². The molecule has 0 aliphatic heterocycles. The van der Waals surface area contributed by atoms with Crippen LogP contribution in [-0.4, -0.2) is 29.2 Å². The summed E-state index contributed by atoms with van der Waals surface area (Å²) in [5.41, 5.74) is 3.07. The van der Waals surface area contributed by atoms with Gasteiger partial charge in [0.2, 0.25) is 0 Å². The molecule has 0 radical (unpaired) electrons. The standard InChI is InChI=1S/C22H19N3O3/c1-14-7-8-19(22(25-14)16-6-4-5-10-23-16)28-18-9-11-24-17-13-21(27-3)20(26-2)12-15(17)18/h4-13H,1-3H3. The van der Waals surface area contributed by atoms with E-state index in [4.69, 9.17) is 14.2 Å². The molecule has 0 aliphatic carbocycles. The van der Waals surface area contributed by atoms with Crippen LogP contribution in [0.15, 0.2) is 60.9 Å². The molecule has 0 amide bonds. The Balaban J connectivity index is 1.83. The number of hydrogen-bond acceptors (Lipinski definition) is 6. The summed E-state index contributed by atoms with van der Waals surface area (Å²) in [6.07, 6.45) is 3.44. The third-order valence-corrected chi connectivity index (χ3v) is 4.33. The van der Waals surface area contributed by atoms with Crippen LogP contribution >= 0.6 is 0 Å². The zero-order chi connectivity index (χ0) is 19.5. The summed E-state index contributed by atoms with van der Waals surface area (Å²) in [6.45, 7) is 1.94. The third kappa shape index (κ3) is 3.32. The number of rotatable bonds is 5. The van der Waals surface area contributed by atoms with Gasteiger partial charge in [0.25, 0.3) is 0 Å². The molecule has 0 saturated carbocycles. The van der Waals surface area contributed by atoms with Crippen LogP contribution < -0.4 is 14.2 Å². The molecule has 0 N–H and O–H groups in total. The van der Waals surface area contributed by atoms with E-state index in [1.54, 1.807) is 26.6 Å². The van der Waals surface area contributed by atoms with Gasteiger partial charge in [0.1, 0.15) is 11.4 Å². The topological polar surface area (TPSA) is 66.4 Å². The van der Waals surface area contributed by atoms with Crippen molar-refractivity contribution in [1.82, 2.24) is 15.0 Å². The normalized spacial score (nSPS) is 10.7. The third-order valence-electron chi connectivity index (χ3n) is 4.33. The van der Waals surface area contributed by atoms with Gasteiger partial charge in [-0.05, 0) is 43.3 Å². The molecule has 0 spiro atoms. The van der Waals surface area contributed by atoms with Gasteiger partial charge in [-0.2, -0.15) is 0 Å². The molecule has 4 aromatic rings. The molecule has 0 saturated heterocycles. The lowest BCUT2D eigenvalue weighted by Crippen LogP contribution is -1.96. The summed E-state index contributed by atoms with van der Waals surface area (Å²) in [4.78, 5) is 13.5. The van der Waals surface area contributed by atoms with Crippen LogP contribution in [0.4, 0.5) is 0 Å². The minimum Gasteiger partial charge on any atom is -0.493 e. The van der Waals surface area contributed by atoms with E-state index < -0.39 is 0 Å². The van der Waals surface area contributed by atoms with Crippen LogP contribution in [0, 0.1) is 6.92 Å². The maximum absolute atomic E-state index is 6.27. The maximum atomic E-state index is 6.27. The Morgan fingerprint density at radius 2 is 1.57 bits per heavy atom. The van der Waals surface area contributed by atoms with E-state index in [1.165, 1.54) is 0 Å². The van der Waals surface area contributed by atoms with Crippen LogP contribution in [0.3, 0.4) is 0 Å². The molecule has 140 valence electrons. The van der Waals surface area contributed by atoms with Gasteiger partial charge in [0, 0.05) is 29.5 Å². The van der Waals surface area contributed by atoms with Crippen LogP contribution in [-0.2, 0) is 0 Å². The van der Waals surface area contributed by atoms with Crippen LogP contribution in [0.25, 0.3) is 22.3 Å². The van der Waals surface area contributed by atoms with Crippen LogP contribution in [0.1, 0.15) is 5.69 Å². The quantitative estimate of drug-likeness (QED) is 0.500. The number of ether oxygens (including phenoxy) is 3. The van der Waals surface area contributed by atoms with Gasteiger partial charge in [0.15, 0.2) is 17.2 Å². The first-order chi connectivity index (χ1) is 13.7. The van der Waals surface area contributed by atoms with E-state index in [2.05, 4.69) is 15.0 Å². The fourth-order valence-corrected chi connectivity index (χ4v) is 2.97. The fraction of sp³-hybridized carbons (Fsp3) is 0.136. The van der Waals surface area contributed by atoms with E-state index in [9.17, 15) is 0 Å². The second-order valence-electron chi connectivity index (χ2n) is 6.15. The number of aryl methyl sites for hydroxylation is 1.